The van der Waals surface area contributed by atoms with Crippen molar-refractivity contribution >= 4 is 55.9 Å². The van der Waals surface area contributed by atoms with Crippen molar-refractivity contribution in [3.63, 3.8) is 0 Å². The van der Waals surface area contributed by atoms with Gasteiger partial charge >= 0.3 is 17.1 Å². The molecule has 0 saturated carbocycles. The van der Waals surface area contributed by atoms with Gasteiger partial charge in [-0.1, -0.05) is 128 Å². The van der Waals surface area contributed by atoms with Crippen molar-refractivity contribution in [1.29, 1.82) is 0 Å². The molecule has 0 aromatic heterocycles. The summed E-state index contributed by atoms with van der Waals surface area (Å²) in [5.74, 6) is 0. The molecule has 0 bridgehead atoms. The van der Waals surface area contributed by atoms with Crippen molar-refractivity contribution in [3.8, 4) is 0 Å². The van der Waals surface area contributed by atoms with Gasteiger partial charge in [0.05, 0.1) is 0 Å². The Hall–Kier alpha value is -2.37. The third kappa shape index (κ3) is 5.73. The molecule has 0 atom stereocenters. The molecule has 0 aliphatic rings. The third-order valence-electron chi connectivity index (χ3n) is 5.70. The van der Waals surface area contributed by atoms with Crippen LogP contribution in [-0.2, 0) is 12.3 Å². The molecule has 0 unspecified atom stereocenters. The minimum atomic E-state index is -3.20. The van der Waals surface area contributed by atoms with Crippen LogP contribution in [0.5, 0.6) is 0 Å². The lowest BCUT2D eigenvalue weighted by Gasteiger charge is -2.44. The van der Waals surface area contributed by atoms with E-state index in [1.807, 2.05) is 0 Å². The van der Waals surface area contributed by atoms with Crippen LogP contribution in [0.2, 0.25) is 26.2 Å². The molecule has 0 spiro atoms. The first-order valence-corrected chi connectivity index (χ1v) is 21.2. The zero-order valence-electron chi connectivity index (χ0n) is 21.0. The van der Waals surface area contributed by atoms with Gasteiger partial charge in [-0.15, -0.1) is 0 Å². The Morgan fingerprint density at radius 1 is 0.457 bits per heavy atom. The predicted octanol–water partition coefficient (Wildman–Crippen LogP) is 3.52. The first kappa shape index (κ1) is 25.7. The van der Waals surface area contributed by atoms with Gasteiger partial charge in [0.2, 0.25) is 0 Å². The third-order valence-corrected chi connectivity index (χ3v) is 18.8. The van der Waals surface area contributed by atoms with Crippen LogP contribution in [0, 0.1) is 0 Å². The lowest BCUT2D eigenvalue weighted by Crippen LogP contribution is -2.76. The summed E-state index contributed by atoms with van der Waals surface area (Å²) in [6.45, 7) is 8.92. The highest BCUT2D eigenvalue weighted by Gasteiger charge is 2.55. The summed E-state index contributed by atoms with van der Waals surface area (Å²) < 4.78 is 21.9. The predicted molar refractivity (Wildman–Crippen MR) is 157 cm³/mol. The van der Waals surface area contributed by atoms with Gasteiger partial charge in [0.25, 0.3) is 0 Å². The molecular formula is C28H34O3Si4. The Morgan fingerprint density at radius 3 is 1.06 bits per heavy atom. The molecule has 4 rings (SSSR count). The molecule has 0 fully saturated rings. The molecular weight excluding hydrogens is 497 g/mol. The maximum absolute atomic E-state index is 7.69. The van der Waals surface area contributed by atoms with E-state index in [-0.39, 0.29) is 0 Å². The lowest BCUT2D eigenvalue weighted by atomic mass is 10.4. The molecule has 0 amide bonds. The second-order valence-corrected chi connectivity index (χ2v) is 21.8. The van der Waals surface area contributed by atoms with Crippen LogP contribution < -0.4 is 20.7 Å². The van der Waals surface area contributed by atoms with Crippen molar-refractivity contribution in [3.05, 3.63) is 121 Å². The van der Waals surface area contributed by atoms with E-state index in [1.54, 1.807) is 0 Å². The van der Waals surface area contributed by atoms with Gasteiger partial charge in [0.15, 0.2) is 8.32 Å². The van der Waals surface area contributed by atoms with Crippen LogP contribution in [0.3, 0.4) is 0 Å². The number of hydrogen-bond acceptors (Lipinski definition) is 3. The lowest BCUT2D eigenvalue weighted by molar-refractivity contribution is 0.363. The van der Waals surface area contributed by atoms with E-state index in [0.29, 0.717) is 0 Å². The average Bonchev–Trinajstić information content (AvgIpc) is 2.89. The molecule has 4 aromatic rings. The van der Waals surface area contributed by atoms with E-state index < -0.39 is 35.2 Å². The zero-order valence-corrected chi connectivity index (χ0v) is 25.4. The highest BCUT2D eigenvalue weighted by atomic mass is 28.5. The van der Waals surface area contributed by atoms with E-state index in [1.165, 1.54) is 0 Å². The highest BCUT2D eigenvalue weighted by molar-refractivity contribution is 7.07. The number of rotatable bonds is 10. The van der Waals surface area contributed by atoms with Gasteiger partial charge in [-0.25, -0.2) is 0 Å². The molecule has 0 radical (unpaired) electrons. The molecule has 0 aliphatic heterocycles. The molecule has 0 saturated heterocycles. The molecule has 7 heteroatoms. The number of hydrogen-bond donors (Lipinski definition) is 0. The van der Waals surface area contributed by atoms with Gasteiger partial charge in [-0.05, 0) is 40.4 Å². The molecule has 35 heavy (non-hydrogen) atoms. The van der Waals surface area contributed by atoms with Gasteiger partial charge in [-0.2, -0.15) is 0 Å². The van der Waals surface area contributed by atoms with E-state index in [9.17, 15) is 0 Å². The summed E-state index contributed by atoms with van der Waals surface area (Å²) in [5.41, 5.74) is 0. The van der Waals surface area contributed by atoms with Crippen molar-refractivity contribution in [2.24, 2.45) is 0 Å². The quantitative estimate of drug-likeness (QED) is 0.294. The fraction of sp³-hybridized carbons (Fsp3) is 0.143. The zero-order chi connectivity index (χ0) is 24.8. The summed E-state index contributed by atoms with van der Waals surface area (Å²) >= 11 is 0. The Morgan fingerprint density at radius 2 is 0.771 bits per heavy atom. The van der Waals surface area contributed by atoms with Gasteiger partial charge in [-0.3, -0.25) is 0 Å². The van der Waals surface area contributed by atoms with E-state index in [0.717, 1.165) is 20.7 Å². The minimum absolute atomic E-state index is 0.834. The SMILES string of the molecule is C[SiH2]O[Si](O[Si](O[Si](C)(C)C)(c1ccccc1)c1ccccc1)(c1ccccc1)c1ccccc1. The molecule has 0 N–H and O–H groups in total. The largest absolute Gasteiger partial charge is 0.436 e. The van der Waals surface area contributed by atoms with E-state index >= 15 is 0 Å². The van der Waals surface area contributed by atoms with E-state index in [4.69, 9.17) is 12.3 Å². The fourth-order valence-corrected chi connectivity index (χ4v) is 19.7. The molecule has 3 nitrogen and oxygen atoms in total. The first-order valence-electron chi connectivity index (χ1n) is 12.2. The monoisotopic (exact) mass is 530 g/mol. The van der Waals surface area contributed by atoms with E-state index in [2.05, 4.69) is 148 Å². The topological polar surface area (TPSA) is 27.7 Å². The van der Waals surface area contributed by atoms with Crippen molar-refractivity contribution in [2.75, 3.05) is 0 Å². The smallest absolute Gasteiger partial charge is 0.388 e. The molecule has 180 valence electrons. The maximum Gasteiger partial charge on any atom is 0.388 e. The summed E-state index contributed by atoms with van der Waals surface area (Å²) in [6.07, 6.45) is 0. The highest BCUT2D eigenvalue weighted by Crippen LogP contribution is 2.23. The Kier molecular flexibility index (Phi) is 8.18. The molecule has 4 aromatic carbocycles. The van der Waals surface area contributed by atoms with Crippen LogP contribution in [0.25, 0.3) is 0 Å². The molecule has 0 heterocycles. The van der Waals surface area contributed by atoms with Crippen LogP contribution in [0.1, 0.15) is 0 Å². The van der Waals surface area contributed by atoms with Crippen LogP contribution in [-0.4, -0.2) is 35.2 Å². The van der Waals surface area contributed by atoms with Gasteiger partial charge in [0, 0.05) is 0 Å². The fourth-order valence-electron chi connectivity index (χ4n) is 4.37. The second-order valence-electron chi connectivity index (χ2n) is 9.45. The first-order chi connectivity index (χ1) is 16.9. The average molecular weight is 531 g/mol. The number of benzene rings is 4. The maximum atomic E-state index is 7.69. The summed E-state index contributed by atoms with van der Waals surface area (Å²) in [5, 5.41) is 4.45. The van der Waals surface area contributed by atoms with Crippen LogP contribution in [0.15, 0.2) is 121 Å². The van der Waals surface area contributed by atoms with Crippen LogP contribution >= 0.6 is 0 Å². The Balaban J connectivity index is 2.05. The Labute approximate surface area is 215 Å². The van der Waals surface area contributed by atoms with Gasteiger partial charge in [0.1, 0.15) is 9.76 Å². The summed E-state index contributed by atoms with van der Waals surface area (Å²) in [7, 11) is -9.23. The van der Waals surface area contributed by atoms with Crippen LogP contribution in [0.4, 0.5) is 0 Å². The standard InChI is InChI=1S/C28H34O3Si4/c1-32-29-34(25-17-9-5-10-18-25,26-19-11-6-12-20-26)31-35(30-33(2,3)4,27-21-13-7-14-22-27)28-23-15-8-16-24-28/h5-24H,32H2,1-4H3. The van der Waals surface area contributed by atoms with Gasteiger partial charge < -0.3 is 12.3 Å². The summed E-state index contributed by atoms with van der Waals surface area (Å²) in [4.78, 5) is 0. The minimum Gasteiger partial charge on any atom is -0.436 e. The van der Waals surface area contributed by atoms with Crippen molar-refractivity contribution in [2.45, 2.75) is 26.2 Å². The normalized spacial score (nSPS) is 12.8. The van der Waals surface area contributed by atoms with Crippen molar-refractivity contribution in [1.82, 2.24) is 0 Å². The second kappa shape index (κ2) is 11.1. The Bertz CT molecular complexity index is 1110. The van der Waals surface area contributed by atoms with Crippen molar-refractivity contribution < 1.29 is 12.3 Å². The molecule has 0 aliphatic carbocycles. The summed E-state index contributed by atoms with van der Waals surface area (Å²) in [6, 6.07) is 42.2.